The maximum absolute atomic E-state index is 12.4. The second-order valence-corrected chi connectivity index (χ2v) is 9.22. The number of nitrogens with one attached hydrogen (secondary N) is 1. The van der Waals surface area contributed by atoms with Crippen LogP contribution in [-0.4, -0.2) is 45.0 Å². The van der Waals surface area contributed by atoms with Gasteiger partial charge >= 0.3 is 12.1 Å². The molecule has 32 heavy (non-hydrogen) atoms. The fourth-order valence-electron chi connectivity index (χ4n) is 3.66. The second-order valence-electron chi connectivity index (χ2n) is 9.22. The first-order chi connectivity index (χ1) is 15.5. The van der Waals surface area contributed by atoms with Gasteiger partial charge in [0.15, 0.2) is 0 Å². The van der Waals surface area contributed by atoms with Crippen molar-refractivity contribution in [2.24, 2.45) is 5.92 Å². The van der Waals surface area contributed by atoms with Gasteiger partial charge in [-0.1, -0.05) is 104 Å². The van der Waals surface area contributed by atoms with Crippen molar-refractivity contribution in [3.63, 3.8) is 0 Å². The third-order valence-electron chi connectivity index (χ3n) is 5.55. The zero-order valence-corrected chi connectivity index (χ0v) is 21.4. The van der Waals surface area contributed by atoms with Crippen molar-refractivity contribution in [2.45, 2.75) is 123 Å². The van der Waals surface area contributed by atoms with Gasteiger partial charge in [-0.3, -0.25) is 0 Å². The summed E-state index contributed by atoms with van der Waals surface area (Å²) in [5.41, 5.74) is 0. The predicted octanol–water partition coefficient (Wildman–Crippen LogP) is 6.80. The van der Waals surface area contributed by atoms with Crippen molar-refractivity contribution in [3.05, 3.63) is 0 Å². The normalized spacial score (nSPS) is 12.0. The van der Waals surface area contributed by atoms with Crippen LogP contribution in [-0.2, 0) is 19.0 Å². The summed E-state index contributed by atoms with van der Waals surface area (Å²) in [6, 6.07) is -0.670. The van der Waals surface area contributed by atoms with Crippen molar-refractivity contribution >= 4 is 12.1 Å². The average molecular weight is 458 g/mol. The molecule has 0 heterocycles. The Kier molecular flexibility index (Phi) is 21.9. The van der Waals surface area contributed by atoms with Gasteiger partial charge in [0, 0.05) is 7.11 Å². The molecule has 1 atom stereocenters. The highest BCUT2D eigenvalue weighted by Gasteiger charge is 2.24. The molecule has 0 aromatic heterocycles. The lowest BCUT2D eigenvalue weighted by molar-refractivity contribution is -0.146. The van der Waals surface area contributed by atoms with E-state index in [1.165, 1.54) is 84.2 Å². The van der Waals surface area contributed by atoms with E-state index in [2.05, 4.69) is 12.2 Å². The van der Waals surface area contributed by atoms with Gasteiger partial charge in [0.1, 0.15) is 12.6 Å². The van der Waals surface area contributed by atoms with Gasteiger partial charge in [-0.05, 0) is 18.8 Å². The Morgan fingerprint density at radius 1 is 0.688 bits per heavy atom. The van der Waals surface area contributed by atoms with Crippen molar-refractivity contribution in [1.82, 2.24) is 5.32 Å². The van der Waals surface area contributed by atoms with Crippen molar-refractivity contribution in [1.29, 1.82) is 0 Å². The van der Waals surface area contributed by atoms with Crippen LogP contribution in [0.2, 0.25) is 0 Å². The van der Waals surface area contributed by atoms with Gasteiger partial charge in [0.2, 0.25) is 0 Å². The van der Waals surface area contributed by atoms with Crippen LogP contribution in [0.5, 0.6) is 0 Å². The predicted molar refractivity (Wildman–Crippen MR) is 131 cm³/mol. The number of esters is 1. The molecule has 1 amide bonds. The maximum Gasteiger partial charge on any atom is 0.407 e. The zero-order chi connectivity index (χ0) is 23.9. The smallest absolute Gasteiger partial charge is 0.407 e. The second kappa shape index (κ2) is 22.9. The van der Waals surface area contributed by atoms with Gasteiger partial charge < -0.3 is 19.5 Å². The SMILES string of the molecule is CCCCCCCCCCCCCCCCOC(=O)C(CC(C)C)NC(=O)OCCOC. The molecular weight excluding hydrogens is 406 g/mol. The fourth-order valence-corrected chi connectivity index (χ4v) is 3.66. The minimum atomic E-state index is -0.670. The molecule has 0 aromatic rings. The molecule has 0 aliphatic rings. The quantitative estimate of drug-likeness (QED) is 0.143. The number of hydrogen-bond acceptors (Lipinski definition) is 5. The third-order valence-corrected chi connectivity index (χ3v) is 5.55. The number of ether oxygens (including phenoxy) is 3. The van der Waals surface area contributed by atoms with Crippen LogP contribution >= 0.6 is 0 Å². The minimum absolute atomic E-state index is 0.158. The Morgan fingerprint density at radius 3 is 1.66 bits per heavy atom. The first kappa shape index (κ1) is 30.7. The van der Waals surface area contributed by atoms with E-state index in [-0.39, 0.29) is 18.5 Å². The van der Waals surface area contributed by atoms with E-state index in [1.807, 2.05) is 13.8 Å². The summed E-state index contributed by atoms with van der Waals surface area (Å²) in [7, 11) is 1.54. The summed E-state index contributed by atoms with van der Waals surface area (Å²) in [6.45, 7) is 7.17. The monoisotopic (exact) mass is 457 g/mol. The molecule has 0 aliphatic carbocycles. The van der Waals surface area contributed by atoms with Gasteiger partial charge in [-0.15, -0.1) is 0 Å². The van der Waals surface area contributed by atoms with E-state index in [0.29, 0.717) is 19.6 Å². The Balaban J connectivity index is 3.71. The number of carbonyl (C=O) groups is 2. The van der Waals surface area contributed by atoms with Gasteiger partial charge in [-0.25, -0.2) is 9.59 Å². The van der Waals surface area contributed by atoms with Crippen molar-refractivity contribution < 1.29 is 23.8 Å². The Labute approximate surface area is 197 Å². The highest BCUT2D eigenvalue weighted by Crippen LogP contribution is 2.13. The summed E-state index contributed by atoms with van der Waals surface area (Å²) in [5, 5.41) is 2.62. The van der Waals surface area contributed by atoms with Gasteiger partial charge in [-0.2, -0.15) is 0 Å². The lowest BCUT2D eigenvalue weighted by Gasteiger charge is -2.19. The number of rotatable bonds is 22. The van der Waals surface area contributed by atoms with Crippen molar-refractivity contribution in [2.75, 3.05) is 26.9 Å². The fraction of sp³-hybridized carbons (Fsp3) is 0.923. The number of amides is 1. The molecule has 6 heteroatoms. The van der Waals surface area contributed by atoms with E-state index < -0.39 is 12.1 Å². The van der Waals surface area contributed by atoms with Crippen LogP contribution in [0.3, 0.4) is 0 Å². The summed E-state index contributed by atoms with van der Waals surface area (Å²) in [5.74, 6) is -0.120. The molecule has 0 aromatic carbocycles. The average Bonchev–Trinajstić information content (AvgIpc) is 2.75. The molecule has 0 saturated carbocycles. The summed E-state index contributed by atoms with van der Waals surface area (Å²) in [4.78, 5) is 24.2. The van der Waals surface area contributed by atoms with E-state index >= 15 is 0 Å². The molecule has 0 saturated heterocycles. The van der Waals surface area contributed by atoms with Gasteiger partial charge in [0.25, 0.3) is 0 Å². The molecule has 0 spiro atoms. The lowest BCUT2D eigenvalue weighted by Crippen LogP contribution is -2.43. The van der Waals surface area contributed by atoms with Crippen LogP contribution in [0.4, 0.5) is 4.79 Å². The summed E-state index contributed by atoms with van der Waals surface area (Å²) in [6.07, 6.45) is 18.0. The molecule has 0 radical (unpaired) electrons. The highest BCUT2D eigenvalue weighted by atomic mass is 16.6. The number of unbranched alkanes of at least 4 members (excludes halogenated alkanes) is 13. The molecule has 1 unspecified atom stereocenters. The van der Waals surface area contributed by atoms with Crippen LogP contribution in [0.1, 0.15) is 117 Å². The zero-order valence-electron chi connectivity index (χ0n) is 21.4. The highest BCUT2D eigenvalue weighted by molar-refractivity contribution is 5.81. The Hall–Kier alpha value is -1.30. The molecule has 1 N–H and O–H groups in total. The van der Waals surface area contributed by atoms with Crippen LogP contribution in [0.25, 0.3) is 0 Å². The minimum Gasteiger partial charge on any atom is -0.464 e. The molecule has 190 valence electrons. The molecule has 0 rings (SSSR count). The summed E-state index contributed by atoms with van der Waals surface area (Å²) < 4.78 is 15.2. The summed E-state index contributed by atoms with van der Waals surface area (Å²) >= 11 is 0. The largest absolute Gasteiger partial charge is 0.464 e. The first-order valence-corrected chi connectivity index (χ1v) is 13.1. The molecule has 6 nitrogen and oxygen atoms in total. The maximum atomic E-state index is 12.4. The topological polar surface area (TPSA) is 73.9 Å². The van der Waals surface area contributed by atoms with Crippen LogP contribution in [0.15, 0.2) is 0 Å². The lowest BCUT2D eigenvalue weighted by atomic mass is 10.0. The molecular formula is C26H51NO5. The van der Waals surface area contributed by atoms with E-state index in [9.17, 15) is 9.59 Å². The van der Waals surface area contributed by atoms with E-state index in [0.717, 1.165) is 12.8 Å². The van der Waals surface area contributed by atoms with Crippen molar-refractivity contribution in [3.8, 4) is 0 Å². The standard InChI is InChI=1S/C26H51NO5/c1-5-6-7-8-9-10-11-12-13-14-15-16-17-18-19-31-25(28)24(22-23(2)3)27-26(29)32-21-20-30-4/h23-24H,5-22H2,1-4H3,(H,27,29). The number of carbonyl (C=O) groups excluding carboxylic acids is 2. The van der Waals surface area contributed by atoms with Crippen LogP contribution < -0.4 is 5.32 Å². The van der Waals surface area contributed by atoms with Crippen LogP contribution in [0, 0.1) is 5.92 Å². The van der Waals surface area contributed by atoms with Gasteiger partial charge in [0.05, 0.1) is 13.2 Å². The number of hydrogen-bond donors (Lipinski definition) is 1. The molecule has 0 fully saturated rings. The Bertz CT molecular complexity index is 442. The van der Waals surface area contributed by atoms with E-state index in [1.54, 1.807) is 0 Å². The number of alkyl carbamates (subject to hydrolysis) is 1. The molecule has 0 bridgehead atoms. The third kappa shape index (κ3) is 20.6. The Morgan fingerprint density at radius 2 is 1.19 bits per heavy atom. The molecule has 0 aliphatic heterocycles. The van der Waals surface area contributed by atoms with E-state index in [4.69, 9.17) is 14.2 Å². The number of methoxy groups -OCH3 is 1. The first-order valence-electron chi connectivity index (χ1n) is 13.1.